The van der Waals surface area contributed by atoms with Crippen LogP contribution in [0.5, 0.6) is 0 Å². The fourth-order valence-electron chi connectivity index (χ4n) is 2.56. The van der Waals surface area contributed by atoms with Crippen LogP contribution in [0.1, 0.15) is 11.6 Å². The Hall–Kier alpha value is -2.49. The molecule has 0 atom stereocenters. The van der Waals surface area contributed by atoms with Gasteiger partial charge in [-0.3, -0.25) is 0 Å². The molecule has 0 aliphatic heterocycles. The number of ether oxygens (including phenoxy) is 1. The fraction of sp³-hybridized carbons (Fsp3) is 0.176. The third-order valence-corrected chi connectivity index (χ3v) is 5.65. The van der Waals surface area contributed by atoms with Crippen molar-refractivity contribution in [3.8, 4) is 11.1 Å². The molecule has 0 aliphatic carbocycles. The van der Waals surface area contributed by atoms with Crippen molar-refractivity contribution in [1.29, 1.82) is 0 Å². The molecule has 0 unspecified atom stereocenters. The van der Waals surface area contributed by atoms with E-state index in [9.17, 15) is 0 Å². The number of hydrogen-bond acceptors (Lipinski definition) is 8. The van der Waals surface area contributed by atoms with Gasteiger partial charge in [0.25, 0.3) is 0 Å². The molecule has 9 heteroatoms. The van der Waals surface area contributed by atoms with Gasteiger partial charge in [-0.15, -0.1) is 21.5 Å². The van der Waals surface area contributed by atoms with Crippen molar-refractivity contribution in [2.45, 2.75) is 23.7 Å². The molecule has 3 aromatic heterocycles. The summed E-state index contributed by atoms with van der Waals surface area (Å²) in [7, 11) is 1.63. The van der Waals surface area contributed by atoms with Crippen LogP contribution in [-0.4, -0.2) is 32.0 Å². The number of fused-ring (bicyclic) bond motifs is 1. The second-order valence-electron chi connectivity index (χ2n) is 5.58. The van der Waals surface area contributed by atoms with E-state index in [1.54, 1.807) is 18.4 Å². The third kappa shape index (κ3) is 3.05. The topological polar surface area (TPSA) is 91.7 Å². The molecule has 0 saturated carbocycles. The zero-order valence-corrected chi connectivity index (χ0v) is 15.8. The Morgan fingerprint density at radius 1 is 1.19 bits per heavy atom. The van der Waals surface area contributed by atoms with E-state index in [2.05, 4.69) is 32.7 Å². The molecule has 1 aromatic carbocycles. The maximum atomic E-state index is 6.02. The Morgan fingerprint density at radius 2 is 2.00 bits per heavy atom. The molecule has 7 nitrogen and oxygen atoms in total. The Kier molecular flexibility index (Phi) is 4.58. The second-order valence-corrected chi connectivity index (χ2v) is 7.39. The van der Waals surface area contributed by atoms with Crippen molar-refractivity contribution in [2.75, 3.05) is 13.0 Å². The van der Waals surface area contributed by atoms with E-state index < -0.39 is 0 Å². The zero-order chi connectivity index (χ0) is 18.1. The zero-order valence-electron chi connectivity index (χ0n) is 14.2. The van der Waals surface area contributed by atoms with Gasteiger partial charge in [-0.05, 0) is 24.2 Å². The van der Waals surface area contributed by atoms with E-state index >= 15 is 0 Å². The van der Waals surface area contributed by atoms with Crippen LogP contribution >= 0.6 is 23.1 Å². The Morgan fingerprint density at radius 3 is 2.69 bits per heavy atom. The van der Waals surface area contributed by atoms with Gasteiger partial charge >= 0.3 is 0 Å². The molecule has 132 valence electrons. The highest BCUT2D eigenvalue weighted by Gasteiger charge is 2.18. The molecule has 0 radical (unpaired) electrons. The summed E-state index contributed by atoms with van der Waals surface area (Å²) in [6.07, 6.45) is 0. The fourth-order valence-corrected chi connectivity index (χ4v) is 4.53. The van der Waals surface area contributed by atoms with Crippen LogP contribution in [0.3, 0.4) is 0 Å². The molecule has 4 aromatic rings. The molecule has 0 saturated heterocycles. The molecule has 0 fully saturated rings. The molecule has 3 heterocycles. The minimum atomic E-state index is 0.344. The summed E-state index contributed by atoms with van der Waals surface area (Å²) in [5.41, 5.74) is 2.21. The van der Waals surface area contributed by atoms with Crippen molar-refractivity contribution < 1.29 is 4.74 Å². The average molecular weight is 384 g/mol. The van der Waals surface area contributed by atoms with Crippen LogP contribution in [0.4, 0.5) is 0 Å². The van der Waals surface area contributed by atoms with Crippen molar-refractivity contribution >= 4 is 33.3 Å². The number of nitrogens with two attached hydrogens (primary N) is 1. The molecule has 2 N–H and O–H groups in total. The Balaban J connectivity index is 1.90. The third-order valence-electron chi connectivity index (χ3n) is 3.83. The summed E-state index contributed by atoms with van der Waals surface area (Å²) < 4.78 is 6.68. The van der Waals surface area contributed by atoms with Gasteiger partial charge in [0, 0.05) is 18.1 Å². The van der Waals surface area contributed by atoms with Crippen molar-refractivity contribution in [3.05, 3.63) is 47.4 Å². The van der Waals surface area contributed by atoms with Gasteiger partial charge in [0.05, 0.1) is 5.39 Å². The number of methoxy groups -OCH3 is 1. The van der Waals surface area contributed by atoms with E-state index in [1.165, 1.54) is 16.4 Å². The standard InChI is InChI=1S/C17H16N6OS2/c1-10-21-22-17(23(10)18)26-16-14-12(11-6-4-3-5-7-11)9-25-15(14)19-13(20-16)8-24-2/h3-7,9H,8,18H2,1-2H3. The van der Waals surface area contributed by atoms with Gasteiger partial charge in [0.1, 0.15) is 22.3 Å². The van der Waals surface area contributed by atoms with E-state index in [0.717, 1.165) is 26.4 Å². The predicted molar refractivity (Wildman–Crippen MR) is 103 cm³/mol. The molecule has 26 heavy (non-hydrogen) atoms. The summed E-state index contributed by atoms with van der Waals surface area (Å²) in [6, 6.07) is 10.2. The minimum absolute atomic E-state index is 0.344. The lowest BCUT2D eigenvalue weighted by molar-refractivity contribution is 0.177. The predicted octanol–water partition coefficient (Wildman–Crippen LogP) is 3.27. The van der Waals surface area contributed by atoms with E-state index in [0.29, 0.717) is 23.4 Å². The number of thiophene rings is 1. The van der Waals surface area contributed by atoms with Crippen molar-refractivity contribution in [1.82, 2.24) is 24.8 Å². The number of rotatable bonds is 5. The average Bonchev–Trinajstić information content (AvgIpc) is 3.21. The van der Waals surface area contributed by atoms with Gasteiger partial charge in [0.15, 0.2) is 5.82 Å². The highest BCUT2D eigenvalue weighted by molar-refractivity contribution is 7.99. The quantitative estimate of drug-likeness (QED) is 0.417. The first-order chi connectivity index (χ1) is 12.7. The summed E-state index contributed by atoms with van der Waals surface area (Å²) in [4.78, 5) is 10.2. The van der Waals surface area contributed by atoms with Gasteiger partial charge < -0.3 is 10.6 Å². The van der Waals surface area contributed by atoms with E-state index in [4.69, 9.17) is 15.6 Å². The number of nitrogen functional groups attached to an aromatic ring is 1. The first-order valence-corrected chi connectivity index (χ1v) is 9.54. The smallest absolute Gasteiger partial charge is 0.216 e. The largest absolute Gasteiger partial charge is 0.377 e. The molecule has 0 bridgehead atoms. The number of aromatic nitrogens is 5. The van der Waals surface area contributed by atoms with Crippen LogP contribution in [0, 0.1) is 6.92 Å². The Labute approximate surface area is 158 Å². The van der Waals surface area contributed by atoms with Crippen LogP contribution in [0.2, 0.25) is 0 Å². The maximum Gasteiger partial charge on any atom is 0.216 e. The van der Waals surface area contributed by atoms with E-state index in [1.807, 2.05) is 25.1 Å². The van der Waals surface area contributed by atoms with Gasteiger partial charge in [0.2, 0.25) is 5.16 Å². The number of nitrogens with zero attached hydrogens (tertiary/aromatic N) is 5. The highest BCUT2D eigenvalue weighted by atomic mass is 32.2. The van der Waals surface area contributed by atoms with Crippen molar-refractivity contribution in [2.24, 2.45) is 0 Å². The van der Waals surface area contributed by atoms with Crippen LogP contribution in [0.15, 0.2) is 45.9 Å². The molecule has 4 rings (SSSR count). The normalized spacial score (nSPS) is 11.3. The summed E-state index contributed by atoms with van der Waals surface area (Å²) in [5.74, 6) is 7.29. The number of hydrogen-bond donors (Lipinski definition) is 1. The Bertz CT molecular complexity index is 1060. The van der Waals surface area contributed by atoms with Crippen LogP contribution in [0.25, 0.3) is 21.3 Å². The molecular formula is C17H16N6OS2. The lowest BCUT2D eigenvalue weighted by Crippen LogP contribution is -2.11. The lowest BCUT2D eigenvalue weighted by Gasteiger charge is -2.07. The number of aryl methyl sites for hydroxylation is 1. The summed E-state index contributed by atoms with van der Waals surface area (Å²) in [5, 5.41) is 12.6. The van der Waals surface area contributed by atoms with Crippen molar-refractivity contribution in [3.63, 3.8) is 0 Å². The lowest BCUT2D eigenvalue weighted by atomic mass is 10.1. The minimum Gasteiger partial charge on any atom is -0.377 e. The molecular weight excluding hydrogens is 368 g/mol. The highest BCUT2D eigenvalue weighted by Crippen LogP contribution is 2.40. The second kappa shape index (κ2) is 7.02. The van der Waals surface area contributed by atoms with Gasteiger partial charge in [-0.1, -0.05) is 30.3 Å². The number of benzene rings is 1. The van der Waals surface area contributed by atoms with E-state index in [-0.39, 0.29) is 0 Å². The summed E-state index contributed by atoms with van der Waals surface area (Å²) in [6.45, 7) is 2.15. The molecule has 0 amide bonds. The first-order valence-electron chi connectivity index (χ1n) is 7.84. The van der Waals surface area contributed by atoms with Crippen LogP contribution in [-0.2, 0) is 11.3 Å². The SMILES string of the molecule is COCc1nc(Sc2nnc(C)n2N)c2c(-c3ccccc3)csc2n1. The maximum absolute atomic E-state index is 6.02. The monoisotopic (exact) mass is 384 g/mol. The van der Waals surface area contributed by atoms with Gasteiger partial charge in [-0.25, -0.2) is 14.6 Å². The van der Waals surface area contributed by atoms with Gasteiger partial charge in [-0.2, -0.15) is 0 Å². The van der Waals surface area contributed by atoms with Crippen LogP contribution < -0.4 is 5.84 Å². The molecule has 0 aliphatic rings. The first kappa shape index (κ1) is 17.0. The summed E-state index contributed by atoms with van der Waals surface area (Å²) >= 11 is 2.97. The molecule has 0 spiro atoms.